The van der Waals surface area contributed by atoms with E-state index in [4.69, 9.17) is 9.47 Å². The van der Waals surface area contributed by atoms with Gasteiger partial charge in [0.1, 0.15) is 36.1 Å². The zero-order valence-electron chi connectivity index (χ0n) is 26.1. The molecule has 4 aliphatic rings. The number of likely N-dealkylation sites (tertiary alicyclic amines) is 1. The second kappa shape index (κ2) is 13.7. The topological polar surface area (TPSA) is 149 Å². The van der Waals surface area contributed by atoms with Gasteiger partial charge < -0.3 is 29.9 Å². The summed E-state index contributed by atoms with van der Waals surface area (Å²) in [6.45, 7) is 5.11. The second-order valence-corrected chi connectivity index (χ2v) is 12.4. The zero-order chi connectivity index (χ0) is 33.2. The van der Waals surface area contributed by atoms with Gasteiger partial charge in [-0.25, -0.2) is 18.7 Å². The lowest BCUT2D eigenvalue weighted by molar-refractivity contribution is -0.138. The Bertz CT molecular complexity index is 1730. The number of hydrogen-bond acceptors (Lipinski definition) is 11. The van der Waals surface area contributed by atoms with Crippen molar-refractivity contribution in [2.75, 3.05) is 62.7 Å². The van der Waals surface area contributed by atoms with Crippen molar-refractivity contribution in [2.24, 2.45) is 0 Å². The number of carbonyl (C=O) groups excluding carboxylic acids is 2. The molecule has 0 unspecified atom stereocenters. The van der Waals surface area contributed by atoms with Gasteiger partial charge in [0.15, 0.2) is 12.0 Å². The summed E-state index contributed by atoms with van der Waals surface area (Å²) in [4.78, 5) is 43.0. The van der Waals surface area contributed by atoms with E-state index in [1.54, 1.807) is 18.2 Å². The van der Waals surface area contributed by atoms with Crippen LogP contribution in [0.3, 0.4) is 0 Å². The first-order chi connectivity index (χ1) is 23.3. The van der Waals surface area contributed by atoms with Crippen LogP contribution in [0.5, 0.6) is 5.75 Å². The summed E-state index contributed by atoms with van der Waals surface area (Å²) in [5.41, 5.74) is 1.67. The molecule has 2 amide bonds. The molecule has 4 fully saturated rings. The van der Waals surface area contributed by atoms with Gasteiger partial charge in [-0.15, -0.1) is 0 Å². The molecular weight excluding hydrogens is 624 g/mol. The van der Waals surface area contributed by atoms with Crippen LogP contribution in [0, 0.1) is 17.1 Å². The molecule has 48 heavy (non-hydrogen) atoms. The van der Waals surface area contributed by atoms with Gasteiger partial charge in [-0.05, 0) is 42.8 Å². The van der Waals surface area contributed by atoms with Gasteiger partial charge in [-0.2, -0.15) is 10.2 Å². The molecule has 0 aliphatic carbocycles. The highest BCUT2D eigenvalue weighted by Crippen LogP contribution is 2.30. The van der Waals surface area contributed by atoms with E-state index >= 15 is 8.78 Å². The normalized spacial score (nSPS) is 23.3. The summed E-state index contributed by atoms with van der Waals surface area (Å²) in [5, 5.41) is 15.4. The molecule has 15 heteroatoms. The molecule has 0 bridgehead atoms. The van der Waals surface area contributed by atoms with E-state index in [9.17, 15) is 14.9 Å². The minimum Gasteiger partial charge on any atom is -0.486 e. The summed E-state index contributed by atoms with van der Waals surface area (Å²) >= 11 is 0. The average molecular weight is 660 g/mol. The van der Waals surface area contributed by atoms with Gasteiger partial charge in [0.05, 0.1) is 37.1 Å². The summed E-state index contributed by atoms with van der Waals surface area (Å²) in [6, 6.07) is 11.7. The van der Waals surface area contributed by atoms with Gasteiger partial charge in [0.2, 0.25) is 17.8 Å². The van der Waals surface area contributed by atoms with Crippen molar-refractivity contribution in [3.05, 3.63) is 54.1 Å². The zero-order valence-corrected chi connectivity index (χ0v) is 26.1. The first kappa shape index (κ1) is 31.6. The Morgan fingerprint density at radius 1 is 1.08 bits per heavy atom. The van der Waals surface area contributed by atoms with Crippen molar-refractivity contribution in [3.63, 3.8) is 0 Å². The number of amides is 2. The van der Waals surface area contributed by atoms with Gasteiger partial charge in [-0.3, -0.25) is 14.5 Å². The first-order valence-corrected chi connectivity index (χ1v) is 16.1. The standard InChI is InChI=1S/C33H35F2N9O4/c34-24-14-22(42-9-11-43(12-10-42)23-17-47-18-23)2-3-26(24)40-33-38-19-37-31(41-33)20-1-5-28(21(13-20)15-36)48-29-7-8-44(16-25(29)35)32(46)27-4-6-30(45)39-27/h1-3,5,13-14,19,23,25,27,29H,4,6-12,16-18H2,(H,39,45)(H,37,38,40,41)/t25-,27+,29+/m1/s1. The van der Waals surface area contributed by atoms with E-state index in [0.717, 1.165) is 45.1 Å². The molecule has 4 saturated heterocycles. The number of ether oxygens (including phenoxy) is 2. The monoisotopic (exact) mass is 659 g/mol. The fraction of sp³-hybridized carbons (Fsp3) is 0.455. The van der Waals surface area contributed by atoms with Gasteiger partial charge in [-0.1, -0.05) is 0 Å². The number of hydrogen-bond donors (Lipinski definition) is 2. The van der Waals surface area contributed by atoms with Crippen LogP contribution in [0.15, 0.2) is 42.7 Å². The van der Waals surface area contributed by atoms with Crippen molar-refractivity contribution in [1.82, 2.24) is 30.1 Å². The first-order valence-electron chi connectivity index (χ1n) is 16.1. The van der Waals surface area contributed by atoms with E-state index in [-0.39, 0.29) is 66.5 Å². The van der Waals surface area contributed by atoms with Crippen LogP contribution < -0.4 is 20.3 Å². The van der Waals surface area contributed by atoms with Crippen LogP contribution in [0.4, 0.5) is 26.1 Å². The van der Waals surface area contributed by atoms with E-state index < -0.39 is 24.1 Å². The van der Waals surface area contributed by atoms with Crippen molar-refractivity contribution in [3.8, 4) is 23.2 Å². The SMILES string of the molecule is N#Cc1cc(-c2ncnc(Nc3ccc(N4CCN(C5COC5)CC4)cc3F)n2)ccc1O[C@H]1CCN(C(=O)[C@@H]2CCC(=O)N2)C[C@H]1F. The lowest BCUT2D eigenvalue weighted by atomic mass is 10.0. The maximum atomic E-state index is 15.2. The molecule has 0 spiro atoms. The minimum absolute atomic E-state index is 0.126. The second-order valence-electron chi connectivity index (χ2n) is 12.4. The molecule has 4 aliphatic heterocycles. The van der Waals surface area contributed by atoms with E-state index in [1.807, 2.05) is 6.07 Å². The van der Waals surface area contributed by atoms with Gasteiger partial charge >= 0.3 is 0 Å². The Balaban J connectivity index is 0.974. The highest BCUT2D eigenvalue weighted by Gasteiger charge is 2.38. The number of piperidine rings is 1. The molecular formula is C33H35F2N9O4. The largest absolute Gasteiger partial charge is 0.486 e. The molecule has 3 aromatic rings. The highest BCUT2D eigenvalue weighted by atomic mass is 19.1. The van der Waals surface area contributed by atoms with Crippen molar-refractivity contribution in [1.29, 1.82) is 5.26 Å². The molecule has 0 saturated carbocycles. The summed E-state index contributed by atoms with van der Waals surface area (Å²) < 4.78 is 41.6. The number of aromatic nitrogens is 3. The predicted octanol–water partition coefficient (Wildman–Crippen LogP) is 2.41. The van der Waals surface area contributed by atoms with Crippen molar-refractivity contribution >= 4 is 29.1 Å². The molecule has 250 valence electrons. The van der Waals surface area contributed by atoms with Crippen molar-refractivity contribution in [2.45, 2.75) is 43.6 Å². The number of nitrogens with one attached hydrogen (secondary N) is 2. The Labute approximate surface area is 275 Å². The number of alkyl halides is 1. The van der Waals surface area contributed by atoms with E-state index in [1.165, 1.54) is 23.4 Å². The lowest BCUT2D eigenvalue weighted by Gasteiger charge is -2.43. The maximum absolute atomic E-state index is 15.2. The number of anilines is 3. The number of carbonyl (C=O) groups is 2. The fourth-order valence-corrected chi connectivity index (χ4v) is 6.46. The number of nitriles is 1. The van der Waals surface area contributed by atoms with Crippen LogP contribution >= 0.6 is 0 Å². The minimum atomic E-state index is -1.48. The molecule has 3 atom stereocenters. The molecule has 7 rings (SSSR count). The van der Waals surface area contributed by atoms with Crippen LogP contribution in [-0.4, -0.2) is 113 Å². The van der Waals surface area contributed by atoms with Crippen LogP contribution in [-0.2, 0) is 14.3 Å². The number of rotatable bonds is 8. The fourth-order valence-electron chi connectivity index (χ4n) is 6.46. The maximum Gasteiger partial charge on any atom is 0.245 e. The molecule has 0 radical (unpaired) electrons. The summed E-state index contributed by atoms with van der Waals surface area (Å²) in [5.74, 6) is -0.342. The number of piperazine rings is 1. The molecule has 2 N–H and O–H groups in total. The smallest absolute Gasteiger partial charge is 0.245 e. The summed E-state index contributed by atoms with van der Waals surface area (Å²) in [7, 11) is 0. The van der Waals surface area contributed by atoms with Crippen LogP contribution in [0.1, 0.15) is 24.8 Å². The Kier molecular flexibility index (Phi) is 9.00. The number of benzene rings is 2. The quantitative estimate of drug-likeness (QED) is 0.367. The lowest BCUT2D eigenvalue weighted by Crippen LogP contribution is -2.56. The third-order valence-electron chi connectivity index (χ3n) is 9.31. The van der Waals surface area contributed by atoms with Crippen molar-refractivity contribution < 1.29 is 27.8 Å². The number of halogens is 2. The number of nitrogens with zero attached hydrogens (tertiary/aromatic N) is 7. The third-order valence-corrected chi connectivity index (χ3v) is 9.31. The summed E-state index contributed by atoms with van der Waals surface area (Å²) in [6.07, 6.45) is -0.123. The van der Waals surface area contributed by atoms with Gasteiger partial charge in [0, 0.05) is 56.8 Å². The predicted molar refractivity (Wildman–Crippen MR) is 170 cm³/mol. The molecule has 13 nitrogen and oxygen atoms in total. The van der Waals surface area contributed by atoms with E-state index in [0.29, 0.717) is 18.0 Å². The van der Waals surface area contributed by atoms with Gasteiger partial charge in [0.25, 0.3) is 0 Å². The molecule has 5 heterocycles. The van der Waals surface area contributed by atoms with Crippen LogP contribution in [0.25, 0.3) is 11.4 Å². The third kappa shape index (κ3) is 6.71. The Morgan fingerprint density at radius 2 is 1.92 bits per heavy atom. The Morgan fingerprint density at radius 3 is 2.60 bits per heavy atom. The molecule has 1 aromatic heterocycles. The average Bonchev–Trinajstić information content (AvgIpc) is 3.52. The van der Waals surface area contributed by atoms with E-state index in [2.05, 4.69) is 41.5 Å². The Hall–Kier alpha value is -4.94. The highest BCUT2D eigenvalue weighted by molar-refractivity contribution is 5.90. The molecule has 2 aromatic carbocycles. The van der Waals surface area contributed by atoms with Crippen LogP contribution in [0.2, 0.25) is 0 Å².